The summed E-state index contributed by atoms with van der Waals surface area (Å²) in [7, 11) is -0.803. The molecule has 0 bridgehead atoms. The summed E-state index contributed by atoms with van der Waals surface area (Å²) in [6, 6.07) is 4.51. The molecule has 0 aliphatic heterocycles. The van der Waals surface area contributed by atoms with E-state index in [1.165, 1.54) is 32.4 Å². The number of amides is 1. The largest absolute Gasteiger partial charge is 0.494 e. The molecule has 0 saturated carbocycles. The molecule has 1 heterocycles. The highest BCUT2D eigenvalue weighted by molar-refractivity contribution is 7.92. The Balaban J connectivity index is 2.33. The van der Waals surface area contributed by atoms with Gasteiger partial charge in [-0.25, -0.2) is 13.2 Å². The van der Waals surface area contributed by atoms with Crippen molar-refractivity contribution in [1.29, 1.82) is 0 Å². The lowest BCUT2D eigenvalue weighted by Crippen LogP contribution is -2.15. The first-order valence-electron chi connectivity index (χ1n) is 8.38. The maximum atomic E-state index is 12.7. The Hall–Kier alpha value is -3.01. The Morgan fingerprint density at radius 1 is 1.21 bits per heavy atom. The average molecular weight is 409 g/mol. The van der Waals surface area contributed by atoms with Crippen LogP contribution in [0.2, 0.25) is 0 Å². The molecule has 1 aromatic heterocycles. The number of carbonyl (C=O) groups is 2. The molecule has 2 rings (SSSR count). The maximum Gasteiger partial charge on any atom is 0.339 e. The maximum absolute atomic E-state index is 12.7. The number of methoxy groups -OCH3 is 2. The number of sulfonamides is 1. The lowest BCUT2D eigenvalue weighted by atomic mass is 10.1. The highest BCUT2D eigenvalue weighted by Crippen LogP contribution is 2.29. The number of esters is 1. The normalized spacial score (nSPS) is 11.0. The fourth-order valence-electron chi connectivity index (χ4n) is 2.78. The summed E-state index contributed by atoms with van der Waals surface area (Å²) in [5, 5.41) is 2.71. The number of anilines is 2. The van der Waals surface area contributed by atoms with Crippen LogP contribution in [0.5, 0.6) is 5.75 Å². The Morgan fingerprint density at radius 2 is 1.89 bits per heavy atom. The van der Waals surface area contributed by atoms with Crippen LogP contribution in [0.3, 0.4) is 0 Å². The van der Waals surface area contributed by atoms with E-state index in [9.17, 15) is 18.0 Å². The second-order valence-corrected chi connectivity index (χ2v) is 7.82. The first-order valence-corrected chi connectivity index (χ1v) is 10.3. The third-order valence-corrected chi connectivity index (χ3v) is 4.64. The topological polar surface area (TPSA) is 127 Å². The van der Waals surface area contributed by atoms with Gasteiger partial charge in [0.25, 0.3) is 5.91 Å². The Labute approximate surface area is 163 Å². The molecule has 9 nitrogen and oxygen atoms in total. The second-order valence-electron chi connectivity index (χ2n) is 6.07. The van der Waals surface area contributed by atoms with Gasteiger partial charge in [0.2, 0.25) is 10.0 Å². The third-order valence-electron chi connectivity index (χ3n) is 4.05. The molecule has 0 fully saturated rings. The standard InChI is InChI=1S/C18H23N3O6S/c1-6-12-15(18(23)27-4)10(2)16(20-12)17(22)19-11-7-8-13(14(9-11)26-3)21-28(5,24)25/h7-9,20-21H,6H2,1-5H3,(H,19,22). The van der Waals surface area contributed by atoms with Crippen LogP contribution in [0.4, 0.5) is 11.4 Å². The van der Waals surface area contributed by atoms with Crippen molar-refractivity contribution in [3.63, 3.8) is 0 Å². The van der Waals surface area contributed by atoms with Gasteiger partial charge in [-0.15, -0.1) is 0 Å². The molecule has 0 saturated heterocycles. The molecule has 0 unspecified atom stereocenters. The van der Waals surface area contributed by atoms with Gasteiger partial charge in [0.15, 0.2) is 0 Å². The van der Waals surface area contributed by atoms with E-state index in [0.29, 0.717) is 28.9 Å². The molecule has 0 atom stereocenters. The molecule has 3 N–H and O–H groups in total. The SMILES string of the molecule is CCc1[nH]c(C(=O)Nc2ccc(NS(C)(=O)=O)c(OC)c2)c(C)c1C(=O)OC. The van der Waals surface area contributed by atoms with Gasteiger partial charge in [-0.3, -0.25) is 9.52 Å². The van der Waals surface area contributed by atoms with Crippen LogP contribution < -0.4 is 14.8 Å². The number of hydrogen-bond acceptors (Lipinski definition) is 6. The van der Waals surface area contributed by atoms with Crippen molar-refractivity contribution in [3.05, 3.63) is 40.7 Å². The first kappa shape index (κ1) is 21.3. The molecule has 1 amide bonds. The van der Waals surface area contributed by atoms with Gasteiger partial charge in [0.05, 0.1) is 31.7 Å². The fraction of sp³-hybridized carbons (Fsp3) is 0.333. The highest BCUT2D eigenvalue weighted by atomic mass is 32.2. The molecule has 0 aliphatic rings. The monoisotopic (exact) mass is 409 g/mol. The summed E-state index contributed by atoms with van der Waals surface area (Å²) in [5.74, 6) is -0.716. The minimum Gasteiger partial charge on any atom is -0.494 e. The molecule has 0 spiro atoms. The Bertz CT molecular complexity index is 1010. The van der Waals surface area contributed by atoms with Crippen molar-refractivity contribution < 1.29 is 27.5 Å². The van der Waals surface area contributed by atoms with Crippen molar-refractivity contribution in [2.24, 2.45) is 0 Å². The molecule has 0 aliphatic carbocycles. The van der Waals surface area contributed by atoms with E-state index >= 15 is 0 Å². The molecule has 1 aromatic carbocycles. The second kappa shape index (κ2) is 8.34. The zero-order valence-corrected chi connectivity index (χ0v) is 17.1. The molecule has 28 heavy (non-hydrogen) atoms. The van der Waals surface area contributed by atoms with Crippen LogP contribution in [-0.2, 0) is 21.2 Å². The van der Waals surface area contributed by atoms with Crippen LogP contribution >= 0.6 is 0 Å². The van der Waals surface area contributed by atoms with Crippen LogP contribution in [0.25, 0.3) is 0 Å². The minimum atomic E-state index is -3.48. The Kier molecular flexibility index (Phi) is 6.34. The molecule has 10 heteroatoms. The van der Waals surface area contributed by atoms with E-state index in [1.54, 1.807) is 6.92 Å². The number of ether oxygens (including phenoxy) is 2. The van der Waals surface area contributed by atoms with Gasteiger partial charge in [-0.1, -0.05) is 6.92 Å². The van der Waals surface area contributed by atoms with E-state index in [2.05, 4.69) is 15.0 Å². The summed E-state index contributed by atoms with van der Waals surface area (Å²) in [4.78, 5) is 27.7. The van der Waals surface area contributed by atoms with E-state index in [4.69, 9.17) is 9.47 Å². The predicted octanol–water partition coefficient (Wildman–Crippen LogP) is 2.30. The minimum absolute atomic E-state index is 0.245. The lowest BCUT2D eigenvalue weighted by Gasteiger charge is -2.12. The predicted molar refractivity (Wildman–Crippen MR) is 106 cm³/mol. The van der Waals surface area contributed by atoms with E-state index in [1.807, 2.05) is 6.92 Å². The number of benzene rings is 1. The van der Waals surface area contributed by atoms with Crippen LogP contribution in [-0.4, -0.2) is 45.8 Å². The summed E-state index contributed by atoms with van der Waals surface area (Å²) in [6.07, 6.45) is 1.55. The van der Waals surface area contributed by atoms with Crippen LogP contribution in [0.15, 0.2) is 18.2 Å². The van der Waals surface area contributed by atoms with E-state index < -0.39 is 21.9 Å². The summed E-state index contributed by atoms with van der Waals surface area (Å²) in [6.45, 7) is 3.52. The number of aromatic amines is 1. The summed E-state index contributed by atoms with van der Waals surface area (Å²) >= 11 is 0. The van der Waals surface area contributed by atoms with Crippen LogP contribution in [0.1, 0.15) is 39.0 Å². The van der Waals surface area contributed by atoms with E-state index in [0.717, 1.165) is 6.26 Å². The molecular weight excluding hydrogens is 386 g/mol. The van der Waals surface area contributed by atoms with Crippen molar-refractivity contribution >= 4 is 33.3 Å². The smallest absolute Gasteiger partial charge is 0.339 e. The van der Waals surface area contributed by atoms with Crippen molar-refractivity contribution in [3.8, 4) is 5.75 Å². The van der Waals surface area contributed by atoms with Crippen molar-refractivity contribution in [1.82, 2.24) is 4.98 Å². The first-order chi connectivity index (χ1) is 13.1. The number of aryl methyl sites for hydroxylation is 1. The number of carbonyl (C=O) groups excluding carboxylic acids is 2. The number of H-pyrrole nitrogens is 1. The number of aromatic nitrogens is 1. The van der Waals surface area contributed by atoms with Gasteiger partial charge >= 0.3 is 5.97 Å². The number of hydrogen-bond donors (Lipinski definition) is 3. The molecule has 2 aromatic rings. The zero-order valence-electron chi connectivity index (χ0n) is 16.3. The fourth-order valence-corrected chi connectivity index (χ4v) is 3.34. The van der Waals surface area contributed by atoms with Gasteiger partial charge in [0, 0.05) is 17.4 Å². The zero-order chi connectivity index (χ0) is 21.1. The average Bonchev–Trinajstić information content (AvgIpc) is 2.97. The van der Waals surface area contributed by atoms with Crippen molar-refractivity contribution in [2.45, 2.75) is 20.3 Å². The highest BCUT2D eigenvalue weighted by Gasteiger charge is 2.24. The summed E-state index contributed by atoms with van der Waals surface area (Å²) in [5.41, 5.74) is 2.34. The number of nitrogens with one attached hydrogen (secondary N) is 3. The third kappa shape index (κ3) is 4.63. The van der Waals surface area contributed by atoms with Crippen LogP contribution in [0, 0.1) is 6.92 Å². The molecule has 0 radical (unpaired) electrons. The number of rotatable bonds is 7. The van der Waals surface area contributed by atoms with Gasteiger partial charge in [-0.2, -0.15) is 0 Å². The van der Waals surface area contributed by atoms with Gasteiger partial charge in [-0.05, 0) is 31.0 Å². The quantitative estimate of drug-likeness (QED) is 0.602. The van der Waals surface area contributed by atoms with Gasteiger partial charge < -0.3 is 19.8 Å². The molecular formula is C18H23N3O6S. The molecule has 152 valence electrons. The van der Waals surface area contributed by atoms with E-state index in [-0.39, 0.29) is 17.1 Å². The summed E-state index contributed by atoms with van der Waals surface area (Å²) < 4.78 is 35.1. The lowest BCUT2D eigenvalue weighted by molar-refractivity contribution is 0.0599. The van der Waals surface area contributed by atoms with Gasteiger partial charge in [0.1, 0.15) is 11.4 Å². The van der Waals surface area contributed by atoms with Crippen molar-refractivity contribution in [2.75, 3.05) is 30.5 Å². The Morgan fingerprint density at radius 3 is 2.43 bits per heavy atom.